The molecule has 0 N–H and O–H groups in total. The van der Waals surface area contributed by atoms with Crippen molar-refractivity contribution < 1.29 is 14.2 Å². The molecule has 0 amide bonds. The zero-order valence-electron chi connectivity index (χ0n) is 24.6. The molecule has 0 aromatic heterocycles. The predicted octanol–water partition coefficient (Wildman–Crippen LogP) is 9.61. The Hall–Kier alpha value is -2.00. The second-order valence-corrected chi connectivity index (χ2v) is 10.3. The monoisotopic (exact) mass is 498 g/mol. The van der Waals surface area contributed by atoms with E-state index in [0.717, 1.165) is 24.5 Å². The average molecular weight is 499 g/mol. The molecule has 0 aliphatic rings. The van der Waals surface area contributed by atoms with Crippen molar-refractivity contribution >= 4 is 0 Å². The second kappa shape index (κ2) is 17.5. The molecule has 0 aliphatic carbocycles. The summed E-state index contributed by atoms with van der Waals surface area (Å²) in [5, 5.41) is 0. The highest BCUT2D eigenvalue weighted by Crippen LogP contribution is 2.34. The molecule has 0 aliphatic heterocycles. The van der Waals surface area contributed by atoms with E-state index in [1.165, 1.54) is 56.1 Å². The normalized spacial score (nSPS) is 11.6. The van der Waals surface area contributed by atoms with Crippen molar-refractivity contribution in [1.82, 2.24) is 0 Å². The summed E-state index contributed by atoms with van der Waals surface area (Å²) in [6, 6.07) is 16.8. The zero-order valence-corrected chi connectivity index (χ0v) is 24.6. The van der Waals surface area contributed by atoms with Gasteiger partial charge >= 0.3 is 0 Å². The number of benzene rings is 2. The van der Waals surface area contributed by atoms with E-state index in [-0.39, 0.29) is 5.41 Å². The fraction of sp³-hybridized carbons (Fsp3) is 0.636. The van der Waals surface area contributed by atoms with Crippen LogP contribution in [-0.2, 0) is 10.2 Å². The van der Waals surface area contributed by atoms with Crippen molar-refractivity contribution in [1.29, 1.82) is 0 Å². The second-order valence-electron chi connectivity index (χ2n) is 10.3. The lowest BCUT2D eigenvalue weighted by atomic mass is 9.78. The number of ether oxygens (including phenoxy) is 3. The largest absolute Gasteiger partial charge is 0.494 e. The fourth-order valence-corrected chi connectivity index (χ4v) is 4.56. The van der Waals surface area contributed by atoms with E-state index < -0.39 is 0 Å². The van der Waals surface area contributed by atoms with Gasteiger partial charge in [-0.05, 0) is 47.2 Å². The molecule has 0 saturated heterocycles. The number of hydrogen-bond acceptors (Lipinski definition) is 3. The van der Waals surface area contributed by atoms with Crippen LogP contribution in [0.25, 0.3) is 0 Å². The van der Waals surface area contributed by atoms with Gasteiger partial charge in [0.25, 0.3) is 0 Å². The van der Waals surface area contributed by atoms with E-state index in [4.69, 9.17) is 14.2 Å². The van der Waals surface area contributed by atoms with Crippen molar-refractivity contribution in [3.05, 3.63) is 59.7 Å². The van der Waals surface area contributed by atoms with Crippen LogP contribution in [0.15, 0.2) is 48.5 Å². The van der Waals surface area contributed by atoms with Crippen LogP contribution in [-0.4, -0.2) is 26.9 Å². The van der Waals surface area contributed by atoms with E-state index in [1.54, 1.807) is 7.11 Å². The highest BCUT2D eigenvalue weighted by atomic mass is 16.5. The van der Waals surface area contributed by atoms with Crippen molar-refractivity contribution in [3.8, 4) is 11.5 Å². The molecule has 2 rings (SSSR count). The summed E-state index contributed by atoms with van der Waals surface area (Å²) in [6.45, 7) is 17.9. The maximum absolute atomic E-state index is 5.86. The number of rotatable bonds is 16. The Morgan fingerprint density at radius 2 is 1.00 bits per heavy atom. The van der Waals surface area contributed by atoms with Gasteiger partial charge in [-0.3, -0.25) is 0 Å². The van der Waals surface area contributed by atoms with Gasteiger partial charge in [0.15, 0.2) is 0 Å². The highest BCUT2D eigenvalue weighted by Gasteiger charge is 2.23. The Bertz CT molecular complexity index is 771. The summed E-state index contributed by atoms with van der Waals surface area (Å²) < 4.78 is 16.5. The van der Waals surface area contributed by atoms with Crippen molar-refractivity contribution in [2.75, 3.05) is 26.9 Å². The van der Waals surface area contributed by atoms with Gasteiger partial charge in [0.1, 0.15) is 18.1 Å². The minimum Gasteiger partial charge on any atom is -0.494 e. The van der Waals surface area contributed by atoms with E-state index in [1.807, 2.05) is 12.1 Å². The quantitative estimate of drug-likeness (QED) is 0.216. The van der Waals surface area contributed by atoms with Gasteiger partial charge in [-0.1, -0.05) is 118 Å². The van der Waals surface area contributed by atoms with Gasteiger partial charge in [-0.15, -0.1) is 0 Å². The van der Waals surface area contributed by atoms with Crippen molar-refractivity contribution in [2.45, 2.75) is 105 Å². The molecular formula is C33H54O3. The molecule has 3 nitrogen and oxygen atoms in total. The Labute approximate surface area is 222 Å². The Morgan fingerprint density at radius 3 is 1.36 bits per heavy atom. The Balaban J connectivity index is 0.000000613. The summed E-state index contributed by atoms with van der Waals surface area (Å²) >= 11 is 0. The maximum atomic E-state index is 5.86. The number of unbranched alkanes of at least 4 members (excludes halogenated alkanes) is 3. The first-order valence-corrected chi connectivity index (χ1v) is 14.3. The van der Waals surface area contributed by atoms with Crippen LogP contribution in [0, 0.1) is 5.41 Å². The lowest BCUT2D eigenvalue weighted by Crippen LogP contribution is -2.18. The van der Waals surface area contributed by atoms with Crippen LogP contribution in [0.1, 0.15) is 111 Å². The predicted molar refractivity (Wildman–Crippen MR) is 156 cm³/mol. The fourth-order valence-electron chi connectivity index (χ4n) is 4.56. The van der Waals surface area contributed by atoms with Crippen molar-refractivity contribution in [3.63, 3.8) is 0 Å². The summed E-state index contributed by atoms with van der Waals surface area (Å²) in [4.78, 5) is 0. The number of methoxy groups -OCH3 is 1. The van der Waals surface area contributed by atoms with Crippen LogP contribution in [0.2, 0.25) is 0 Å². The molecular weight excluding hydrogens is 444 g/mol. The maximum Gasteiger partial charge on any atom is 0.119 e. The molecule has 0 atom stereocenters. The molecule has 2 aromatic carbocycles. The van der Waals surface area contributed by atoms with E-state index in [2.05, 4.69) is 84.9 Å². The highest BCUT2D eigenvalue weighted by molar-refractivity contribution is 5.41. The standard InChI is InChI=1S/C24H34O3.C9H20/c1-5-6-7-8-17-26-22-13-9-20(10-14-22)24(2,3)21-11-15-23(16-12-21)27-19-18-25-4;1-5-9(6-2,7-3)8-4/h9-16H,5-8,17-19H2,1-4H3;5-8H2,1-4H3. The smallest absolute Gasteiger partial charge is 0.119 e. The summed E-state index contributed by atoms with van der Waals surface area (Å²) in [6.07, 6.45) is 10.3. The third-order valence-corrected chi connectivity index (χ3v) is 7.97. The molecule has 2 aromatic rings. The Kier molecular flexibility index (Phi) is 15.5. The molecule has 0 heterocycles. The van der Waals surface area contributed by atoms with Gasteiger partial charge in [0.05, 0.1) is 13.2 Å². The van der Waals surface area contributed by atoms with E-state index >= 15 is 0 Å². The van der Waals surface area contributed by atoms with E-state index in [0.29, 0.717) is 18.6 Å². The van der Waals surface area contributed by atoms with Crippen LogP contribution >= 0.6 is 0 Å². The first-order valence-electron chi connectivity index (χ1n) is 14.3. The lowest BCUT2D eigenvalue weighted by Gasteiger charge is -2.28. The molecule has 0 unspecified atom stereocenters. The average Bonchev–Trinajstić information content (AvgIpc) is 2.91. The lowest BCUT2D eigenvalue weighted by molar-refractivity contribution is 0.146. The molecule has 0 fully saturated rings. The molecule has 3 heteroatoms. The third-order valence-electron chi connectivity index (χ3n) is 7.97. The topological polar surface area (TPSA) is 27.7 Å². The molecule has 0 bridgehead atoms. The SMILES string of the molecule is CCC(CC)(CC)CC.CCCCCCOc1ccc(C(C)(C)c2ccc(OCCOC)cc2)cc1. The molecule has 0 saturated carbocycles. The van der Waals surface area contributed by atoms with Crippen LogP contribution in [0.5, 0.6) is 11.5 Å². The third kappa shape index (κ3) is 10.5. The minimum atomic E-state index is -0.0787. The van der Waals surface area contributed by atoms with Crippen LogP contribution in [0.4, 0.5) is 0 Å². The van der Waals surface area contributed by atoms with Gasteiger partial charge in [0, 0.05) is 12.5 Å². The van der Waals surface area contributed by atoms with E-state index in [9.17, 15) is 0 Å². The Morgan fingerprint density at radius 1 is 0.556 bits per heavy atom. The van der Waals surface area contributed by atoms with Gasteiger partial charge in [-0.2, -0.15) is 0 Å². The number of hydrogen-bond donors (Lipinski definition) is 0. The van der Waals surface area contributed by atoms with Gasteiger partial charge in [0.2, 0.25) is 0 Å². The van der Waals surface area contributed by atoms with Crippen LogP contribution < -0.4 is 9.47 Å². The molecule has 0 spiro atoms. The van der Waals surface area contributed by atoms with Crippen molar-refractivity contribution in [2.24, 2.45) is 5.41 Å². The first-order chi connectivity index (χ1) is 17.3. The van der Waals surface area contributed by atoms with Crippen LogP contribution in [0.3, 0.4) is 0 Å². The summed E-state index contributed by atoms with van der Waals surface area (Å²) in [7, 11) is 1.68. The molecule has 36 heavy (non-hydrogen) atoms. The molecule has 204 valence electrons. The first kappa shape index (κ1) is 32.0. The summed E-state index contributed by atoms with van der Waals surface area (Å²) in [5.74, 6) is 1.83. The summed E-state index contributed by atoms with van der Waals surface area (Å²) in [5.41, 5.74) is 3.12. The van der Waals surface area contributed by atoms with Gasteiger partial charge < -0.3 is 14.2 Å². The minimum absolute atomic E-state index is 0.0787. The van der Waals surface area contributed by atoms with Gasteiger partial charge in [-0.25, -0.2) is 0 Å². The zero-order chi connectivity index (χ0) is 26.9. The molecule has 0 radical (unpaired) electrons.